The Morgan fingerprint density at radius 3 is 2.52 bits per heavy atom. The number of carbonyl (C=O) groups is 3. The van der Waals surface area contributed by atoms with Crippen molar-refractivity contribution in [3.05, 3.63) is 0 Å². The molecule has 0 aromatic carbocycles. The molecular weight excluding hydrogens is 274 g/mol. The van der Waals surface area contributed by atoms with Crippen LogP contribution in [0.4, 0.5) is 4.79 Å². The zero-order valence-corrected chi connectivity index (χ0v) is 12.4. The molecule has 1 saturated carbocycles. The van der Waals surface area contributed by atoms with Crippen molar-refractivity contribution in [2.75, 3.05) is 0 Å². The van der Waals surface area contributed by atoms with Crippen molar-refractivity contribution < 1.29 is 19.5 Å². The van der Waals surface area contributed by atoms with Gasteiger partial charge < -0.3 is 21.5 Å². The minimum atomic E-state index is -1.17. The molecule has 1 rings (SSSR count). The number of hydrogen-bond donors (Lipinski definition) is 4. The zero-order valence-electron chi connectivity index (χ0n) is 12.4. The second kappa shape index (κ2) is 8.49. The number of carbonyl (C=O) groups excluding carboxylic acids is 2. The van der Waals surface area contributed by atoms with Crippen LogP contribution in [-0.2, 0) is 9.59 Å². The Morgan fingerprint density at radius 1 is 1.24 bits per heavy atom. The van der Waals surface area contributed by atoms with Crippen LogP contribution >= 0.6 is 0 Å². The van der Waals surface area contributed by atoms with E-state index in [0.717, 1.165) is 25.7 Å². The number of carboxylic acids is 1. The van der Waals surface area contributed by atoms with Gasteiger partial charge in [-0.25, -0.2) is 9.59 Å². The lowest BCUT2D eigenvalue weighted by Gasteiger charge is -2.24. The molecule has 120 valence electrons. The topological polar surface area (TPSA) is 122 Å². The van der Waals surface area contributed by atoms with Gasteiger partial charge in [0, 0.05) is 12.5 Å². The van der Waals surface area contributed by atoms with E-state index in [1.165, 1.54) is 6.42 Å². The molecule has 7 nitrogen and oxygen atoms in total. The average Bonchev–Trinajstić information content (AvgIpc) is 2.59. The number of nitrogens with two attached hydrogens (primary N) is 1. The molecule has 5 N–H and O–H groups in total. The van der Waals surface area contributed by atoms with Gasteiger partial charge in [-0.3, -0.25) is 4.79 Å². The molecule has 0 saturated heterocycles. The first-order valence-electron chi connectivity index (χ1n) is 7.48. The molecule has 0 aromatic heterocycles. The van der Waals surface area contributed by atoms with Gasteiger partial charge in [0.2, 0.25) is 5.91 Å². The number of rotatable bonds is 6. The molecule has 0 spiro atoms. The van der Waals surface area contributed by atoms with Crippen LogP contribution < -0.4 is 16.4 Å². The van der Waals surface area contributed by atoms with Gasteiger partial charge in [-0.2, -0.15) is 0 Å². The Hall–Kier alpha value is -1.79. The molecular formula is C14H25N3O4. The standard InChI is InChI=1S/C14H25N3O4/c1-9-5-3-2-4-6-10(9)16-14(21)17-11(13(19)20)7-8-12(15)18/h9-11H,2-8H2,1H3,(H2,15,18)(H,19,20)(H2,16,17,21)/t9?,10?,11-/m1/s1. The lowest BCUT2D eigenvalue weighted by molar-refractivity contribution is -0.139. The van der Waals surface area contributed by atoms with Gasteiger partial charge in [0.05, 0.1) is 0 Å². The molecule has 0 aliphatic heterocycles. The molecule has 1 fully saturated rings. The van der Waals surface area contributed by atoms with E-state index in [4.69, 9.17) is 10.8 Å². The van der Waals surface area contributed by atoms with Gasteiger partial charge in [0.15, 0.2) is 0 Å². The van der Waals surface area contributed by atoms with Crippen molar-refractivity contribution in [3.8, 4) is 0 Å². The van der Waals surface area contributed by atoms with Crippen LogP contribution in [0.5, 0.6) is 0 Å². The fraction of sp³-hybridized carbons (Fsp3) is 0.786. The highest BCUT2D eigenvalue weighted by Gasteiger charge is 2.25. The fourth-order valence-electron chi connectivity index (χ4n) is 2.62. The maximum Gasteiger partial charge on any atom is 0.326 e. The van der Waals surface area contributed by atoms with Crippen molar-refractivity contribution in [2.24, 2.45) is 11.7 Å². The van der Waals surface area contributed by atoms with E-state index in [2.05, 4.69) is 17.6 Å². The van der Waals surface area contributed by atoms with Gasteiger partial charge in [0.25, 0.3) is 0 Å². The van der Waals surface area contributed by atoms with Crippen LogP contribution in [0.2, 0.25) is 0 Å². The number of primary amides is 1. The number of urea groups is 1. The van der Waals surface area contributed by atoms with Gasteiger partial charge in [-0.15, -0.1) is 0 Å². The number of carboxylic acid groups (broad SMARTS) is 1. The smallest absolute Gasteiger partial charge is 0.326 e. The first-order chi connectivity index (χ1) is 9.90. The Bertz CT molecular complexity index is 386. The SMILES string of the molecule is CC1CCCCCC1NC(=O)N[C@H](CCC(N)=O)C(=O)O. The second-order valence-electron chi connectivity index (χ2n) is 5.74. The maximum absolute atomic E-state index is 11.9. The normalized spacial score (nSPS) is 23.7. The van der Waals surface area contributed by atoms with Gasteiger partial charge >= 0.3 is 12.0 Å². The van der Waals surface area contributed by atoms with Crippen molar-refractivity contribution in [3.63, 3.8) is 0 Å². The molecule has 3 atom stereocenters. The summed E-state index contributed by atoms with van der Waals surface area (Å²) in [6.45, 7) is 2.10. The van der Waals surface area contributed by atoms with Gasteiger partial charge in [0.1, 0.15) is 6.04 Å². The second-order valence-corrected chi connectivity index (χ2v) is 5.74. The molecule has 0 heterocycles. The first kappa shape index (κ1) is 17.3. The minimum Gasteiger partial charge on any atom is -0.480 e. The Morgan fingerprint density at radius 2 is 1.90 bits per heavy atom. The molecule has 3 amide bonds. The zero-order chi connectivity index (χ0) is 15.8. The van der Waals surface area contributed by atoms with E-state index < -0.39 is 23.9 Å². The predicted octanol–water partition coefficient (Wildman–Crippen LogP) is 0.973. The van der Waals surface area contributed by atoms with E-state index in [0.29, 0.717) is 5.92 Å². The molecule has 1 aliphatic rings. The summed E-state index contributed by atoms with van der Waals surface area (Å²) in [5.74, 6) is -1.37. The third kappa shape index (κ3) is 6.46. The van der Waals surface area contributed by atoms with E-state index in [-0.39, 0.29) is 18.9 Å². The van der Waals surface area contributed by atoms with Gasteiger partial charge in [-0.1, -0.05) is 26.2 Å². The van der Waals surface area contributed by atoms with Crippen LogP contribution in [0.1, 0.15) is 51.9 Å². The summed E-state index contributed by atoms with van der Waals surface area (Å²) >= 11 is 0. The highest BCUT2D eigenvalue weighted by molar-refractivity contribution is 5.83. The van der Waals surface area contributed by atoms with Crippen LogP contribution in [0.15, 0.2) is 0 Å². The van der Waals surface area contributed by atoms with Crippen LogP contribution in [0.25, 0.3) is 0 Å². The maximum atomic E-state index is 11.9. The monoisotopic (exact) mass is 299 g/mol. The number of nitrogens with one attached hydrogen (secondary N) is 2. The largest absolute Gasteiger partial charge is 0.480 e. The van der Waals surface area contributed by atoms with Crippen molar-refractivity contribution in [1.82, 2.24) is 10.6 Å². The highest BCUT2D eigenvalue weighted by atomic mass is 16.4. The number of hydrogen-bond acceptors (Lipinski definition) is 3. The van der Waals surface area contributed by atoms with Crippen molar-refractivity contribution in [1.29, 1.82) is 0 Å². The van der Waals surface area contributed by atoms with E-state index >= 15 is 0 Å². The Labute approximate surface area is 124 Å². The summed E-state index contributed by atoms with van der Waals surface area (Å²) in [6, 6.07) is -1.53. The summed E-state index contributed by atoms with van der Waals surface area (Å²) in [4.78, 5) is 33.7. The lowest BCUT2D eigenvalue weighted by atomic mass is 9.97. The fourth-order valence-corrected chi connectivity index (χ4v) is 2.62. The summed E-state index contributed by atoms with van der Waals surface area (Å²) in [6.07, 6.45) is 5.30. The number of aliphatic carboxylic acids is 1. The quantitative estimate of drug-likeness (QED) is 0.546. The Balaban J connectivity index is 2.48. The summed E-state index contributed by atoms with van der Waals surface area (Å²) in [5, 5.41) is 14.3. The van der Waals surface area contributed by atoms with Gasteiger partial charge in [-0.05, 0) is 25.2 Å². The molecule has 2 unspecified atom stereocenters. The molecule has 0 radical (unpaired) electrons. The van der Waals surface area contributed by atoms with Crippen molar-refractivity contribution in [2.45, 2.75) is 64.0 Å². The predicted molar refractivity (Wildman–Crippen MR) is 77.6 cm³/mol. The van der Waals surface area contributed by atoms with Crippen LogP contribution in [0, 0.1) is 5.92 Å². The van der Waals surface area contributed by atoms with E-state index in [1.54, 1.807) is 0 Å². The van der Waals surface area contributed by atoms with Crippen molar-refractivity contribution >= 4 is 17.9 Å². The molecule has 7 heteroatoms. The third-order valence-electron chi connectivity index (χ3n) is 3.96. The minimum absolute atomic E-state index is 0.00168. The highest BCUT2D eigenvalue weighted by Crippen LogP contribution is 2.22. The average molecular weight is 299 g/mol. The summed E-state index contributed by atoms with van der Waals surface area (Å²) in [5.41, 5.74) is 5.00. The number of amides is 3. The molecule has 1 aliphatic carbocycles. The summed E-state index contributed by atoms with van der Waals surface area (Å²) in [7, 11) is 0. The van der Waals surface area contributed by atoms with E-state index in [1.807, 2.05) is 0 Å². The first-order valence-corrected chi connectivity index (χ1v) is 7.48. The summed E-state index contributed by atoms with van der Waals surface area (Å²) < 4.78 is 0. The van der Waals surface area contributed by atoms with Crippen LogP contribution in [0.3, 0.4) is 0 Å². The van der Waals surface area contributed by atoms with E-state index in [9.17, 15) is 14.4 Å². The molecule has 0 bridgehead atoms. The Kier molecular flexibility index (Phi) is 6.98. The molecule has 21 heavy (non-hydrogen) atoms. The molecule has 0 aromatic rings. The van der Waals surface area contributed by atoms with Crippen LogP contribution in [-0.4, -0.2) is 35.1 Å². The lowest BCUT2D eigenvalue weighted by Crippen LogP contribution is -2.50. The third-order valence-corrected chi connectivity index (χ3v) is 3.96.